The van der Waals surface area contributed by atoms with Crippen LogP contribution in [-0.2, 0) is 22.3 Å². The Morgan fingerprint density at radius 2 is 1.73 bits per heavy atom. The Morgan fingerprint density at radius 3 is 2.57 bits per heavy atom. The van der Waals surface area contributed by atoms with Crippen LogP contribution >= 0.6 is 11.6 Å². The summed E-state index contributed by atoms with van der Waals surface area (Å²) in [6.45, 7) is 6.84. The van der Waals surface area contributed by atoms with Gasteiger partial charge in [-0.25, -0.2) is 4.79 Å². The number of nitrogens with zero attached hydrogens (tertiary/aromatic N) is 3. The Morgan fingerprint density at radius 1 is 0.946 bits per heavy atom. The topological polar surface area (TPSA) is 54.9 Å². The molecule has 0 atom stereocenters. The van der Waals surface area contributed by atoms with Crippen LogP contribution < -0.4 is 0 Å². The minimum absolute atomic E-state index is 0.177. The normalized spacial score (nSPS) is 18.2. The van der Waals surface area contributed by atoms with Gasteiger partial charge >= 0.3 is 6.09 Å². The number of unbranched alkanes of at least 4 members (excludes halogenated alkanes) is 3. The molecule has 2 aliphatic heterocycles. The smallest absolute Gasteiger partial charge is 0.409 e. The monoisotopic (exact) mass is 523 g/mol. The maximum Gasteiger partial charge on any atom is 0.409 e. The number of likely N-dealkylation sites (tertiary alicyclic amines) is 1. The molecule has 1 aromatic carbocycles. The summed E-state index contributed by atoms with van der Waals surface area (Å²) in [5.41, 5.74) is 7.49. The van der Waals surface area contributed by atoms with E-state index in [4.69, 9.17) is 26.1 Å². The zero-order valence-corrected chi connectivity index (χ0v) is 22.5. The molecule has 0 radical (unpaired) electrons. The van der Waals surface area contributed by atoms with Gasteiger partial charge in [0.2, 0.25) is 0 Å². The van der Waals surface area contributed by atoms with E-state index in [0.717, 1.165) is 82.1 Å². The molecule has 0 N–H and O–H groups in total. The molecule has 3 aliphatic rings. The van der Waals surface area contributed by atoms with Crippen molar-refractivity contribution in [1.29, 1.82) is 0 Å². The Hall–Kier alpha value is -2.41. The number of fused-ring (bicyclic) bond motifs is 2. The van der Waals surface area contributed by atoms with Crippen molar-refractivity contribution in [1.82, 2.24) is 14.8 Å². The van der Waals surface area contributed by atoms with Gasteiger partial charge in [0.05, 0.1) is 25.5 Å². The third-order valence-corrected chi connectivity index (χ3v) is 8.04. The fourth-order valence-electron chi connectivity index (χ4n) is 5.71. The van der Waals surface area contributed by atoms with E-state index in [0.29, 0.717) is 19.7 Å². The highest BCUT2D eigenvalue weighted by Crippen LogP contribution is 2.38. The molecule has 1 amide bonds. The Labute approximate surface area is 225 Å². The molecule has 198 valence electrons. The SMILES string of the molecule is O=C(OCCCCCCN1CCOCC1)N1CCC(=C2c3ccc(Cl)cc3CCc3cccnc32)CC1. The number of piperidine rings is 1. The van der Waals surface area contributed by atoms with E-state index < -0.39 is 0 Å². The van der Waals surface area contributed by atoms with E-state index in [1.165, 1.54) is 40.7 Å². The number of halogens is 1. The predicted molar refractivity (Wildman–Crippen MR) is 147 cm³/mol. The third kappa shape index (κ3) is 6.73. The molecule has 2 saturated heterocycles. The molecular formula is C30H38ClN3O3. The number of benzene rings is 1. The number of aryl methyl sites for hydroxylation is 2. The van der Waals surface area contributed by atoms with E-state index in [1.807, 2.05) is 23.2 Å². The minimum atomic E-state index is -0.177. The van der Waals surface area contributed by atoms with Gasteiger partial charge in [-0.15, -0.1) is 0 Å². The zero-order chi connectivity index (χ0) is 25.5. The van der Waals surface area contributed by atoms with Gasteiger partial charge in [-0.2, -0.15) is 0 Å². The zero-order valence-electron chi connectivity index (χ0n) is 21.7. The van der Waals surface area contributed by atoms with Gasteiger partial charge < -0.3 is 14.4 Å². The van der Waals surface area contributed by atoms with Crippen molar-refractivity contribution in [2.24, 2.45) is 0 Å². The Kier molecular flexibility index (Phi) is 9.14. The lowest BCUT2D eigenvalue weighted by atomic mass is 9.88. The van der Waals surface area contributed by atoms with Gasteiger partial charge in [0.15, 0.2) is 0 Å². The summed E-state index contributed by atoms with van der Waals surface area (Å²) in [6.07, 6.45) is 9.70. The number of hydrogen-bond donors (Lipinski definition) is 0. The molecule has 37 heavy (non-hydrogen) atoms. The molecule has 2 aromatic rings. The first kappa shape index (κ1) is 26.2. The first-order valence-electron chi connectivity index (χ1n) is 13.9. The molecule has 0 saturated carbocycles. The lowest BCUT2D eigenvalue weighted by molar-refractivity contribution is 0.0370. The molecule has 7 heteroatoms. The number of hydrogen-bond acceptors (Lipinski definition) is 5. The second-order valence-corrected chi connectivity index (χ2v) is 10.7. The highest BCUT2D eigenvalue weighted by atomic mass is 35.5. The highest BCUT2D eigenvalue weighted by molar-refractivity contribution is 6.30. The predicted octanol–water partition coefficient (Wildman–Crippen LogP) is 5.76. The molecule has 1 aliphatic carbocycles. The average molecular weight is 524 g/mol. The number of rotatable bonds is 7. The van der Waals surface area contributed by atoms with Crippen LogP contribution in [0.5, 0.6) is 0 Å². The maximum atomic E-state index is 12.7. The summed E-state index contributed by atoms with van der Waals surface area (Å²) >= 11 is 6.34. The van der Waals surface area contributed by atoms with Crippen LogP contribution in [0.15, 0.2) is 42.1 Å². The van der Waals surface area contributed by atoms with Gasteiger partial charge in [0.25, 0.3) is 0 Å². The van der Waals surface area contributed by atoms with Gasteiger partial charge in [0.1, 0.15) is 0 Å². The molecule has 1 aromatic heterocycles. The molecule has 0 spiro atoms. The van der Waals surface area contributed by atoms with Crippen molar-refractivity contribution in [3.05, 3.63) is 69.5 Å². The van der Waals surface area contributed by atoms with E-state index in [1.54, 1.807) is 0 Å². The second-order valence-electron chi connectivity index (χ2n) is 10.3. The summed E-state index contributed by atoms with van der Waals surface area (Å²) in [6, 6.07) is 10.4. The van der Waals surface area contributed by atoms with Crippen molar-refractivity contribution in [2.75, 3.05) is 52.5 Å². The first-order valence-corrected chi connectivity index (χ1v) is 14.2. The number of carbonyl (C=O) groups excluding carboxylic acids is 1. The summed E-state index contributed by atoms with van der Waals surface area (Å²) in [4.78, 5) is 21.8. The molecule has 6 nitrogen and oxygen atoms in total. The third-order valence-electron chi connectivity index (χ3n) is 7.81. The number of aromatic nitrogens is 1. The first-order chi connectivity index (χ1) is 18.2. The molecule has 0 bridgehead atoms. The quantitative estimate of drug-likeness (QED) is 0.432. The number of morpholine rings is 1. The van der Waals surface area contributed by atoms with Crippen molar-refractivity contribution < 1.29 is 14.3 Å². The number of carbonyl (C=O) groups is 1. The fraction of sp³-hybridized carbons (Fsp3) is 0.533. The summed E-state index contributed by atoms with van der Waals surface area (Å²) < 4.78 is 11.0. The van der Waals surface area contributed by atoms with Gasteiger partial charge in [-0.05, 0) is 80.0 Å². The fourth-order valence-corrected chi connectivity index (χ4v) is 5.90. The van der Waals surface area contributed by atoms with Crippen molar-refractivity contribution in [2.45, 2.75) is 51.4 Å². The van der Waals surface area contributed by atoms with Crippen LogP contribution in [0.25, 0.3) is 5.57 Å². The van der Waals surface area contributed by atoms with Crippen LogP contribution in [0.2, 0.25) is 5.02 Å². The van der Waals surface area contributed by atoms with Gasteiger partial charge in [0, 0.05) is 43.0 Å². The van der Waals surface area contributed by atoms with E-state index in [9.17, 15) is 4.79 Å². The summed E-state index contributed by atoms with van der Waals surface area (Å²) in [5.74, 6) is 0. The van der Waals surface area contributed by atoms with E-state index in [2.05, 4.69) is 23.1 Å². The minimum Gasteiger partial charge on any atom is -0.449 e. The van der Waals surface area contributed by atoms with E-state index >= 15 is 0 Å². The van der Waals surface area contributed by atoms with Gasteiger partial charge in [-0.3, -0.25) is 9.88 Å². The van der Waals surface area contributed by atoms with Crippen LogP contribution in [0.1, 0.15) is 60.9 Å². The molecular weight excluding hydrogens is 486 g/mol. The number of amides is 1. The maximum absolute atomic E-state index is 12.7. The van der Waals surface area contributed by atoms with E-state index in [-0.39, 0.29) is 6.09 Å². The van der Waals surface area contributed by atoms with Crippen molar-refractivity contribution in [3.8, 4) is 0 Å². The van der Waals surface area contributed by atoms with Crippen LogP contribution in [0.4, 0.5) is 4.79 Å². The van der Waals surface area contributed by atoms with Crippen molar-refractivity contribution in [3.63, 3.8) is 0 Å². The Balaban J connectivity index is 1.13. The lowest BCUT2D eigenvalue weighted by Gasteiger charge is -2.29. The highest BCUT2D eigenvalue weighted by Gasteiger charge is 2.27. The van der Waals surface area contributed by atoms with Crippen LogP contribution in [-0.4, -0.2) is 73.4 Å². The second kappa shape index (κ2) is 12.9. The summed E-state index contributed by atoms with van der Waals surface area (Å²) in [7, 11) is 0. The average Bonchev–Trinajstić information content (AvgIpc) is 3.09. The molecule has 5 rings (SSSR count). The Bertz CT molecular complexity index is 1100. The van der Waals surface area contributed by atoms with Crippen molar-refractivity contribution >= 4 is 23.3 Å². The standard InChI is InChI=1S/C30H38ClN3O3/c31-26-9-10-27-25(22-26)8-7-24-6-5-13-32-29(24)28(27)23-11-15-34(16-12-23)30(35)37-19-4-2-1-3-14-33-17-20-36-21-18-33/h5-6,9-10,13,22H,1-4,7-8,11-12,14-21H2. The largest absolute Gasteiger partial charge is 0.449 e. The van der Waals surface area contributed by atoms with Gasteiger partial charge in [-0.1, -0.05) is 42.1 Å². The molecule has 2 fully saturated rings. The van der Waals surface area contributed by atoms with Crippen LogP contribution in [0.3, 0.4) is 0 Å². The lowest BCUT2D eigenvalue weighted by Crippen LogP contribution is -2.37. The number of ether oxygens (including phenoxy) is 2. The molecule has 3 heterocycles. The summed E-state index contributed by atoms with van der Waals surface area (Å²) in [5, 5.41) is 0.775. The molecule has 0 unspecified atom stereocenters. The number of pyridine rings is 1. The van der Waals surface area contributed by atoms with Crippen LogP contribution in [0, 0.1) is 0 Å².